The van der Waals surface area contributed by atoms with Gasteiger partial charge in [0.05, 0.1) is 6.21 Å². The van der Waals surface area contributed by atoms with E-state index >= 15 is 0 Å². The first kappa shape index (κ1) is 21.1. The van der Waals surface area contributed by atoms with Crippen LogP contribution in [0.15, 0.2) is 57.4 Å². The van der Waals surface area contributed by atoms with Gasteiger partial charge in [-0.25, -0.2) is 13.4 Å². The third-order valence-corrected chi connectivity index (χ3v) is 4.34. The Kier molecular flexibility index (Phi) is 7.20. The van der Waals surface area contributed by atoms with Gasteiger partial charge in [-0.2, -0.15) is 0 Å². The predicted molar refractivity (Wildman–Crippen MR) is 106 cm³/mol. The van der Waals surface area contributed by atoms with Gasteiger partial charge in [0, 0.05) is 6.42 Å². The van der Waals surface area contributed by atoms with Crippen LogP contribution in [0, 0.1) is 18.6 Å². The Hall–Kier alpha value is -3.62. The van der Waals surface area contributed by atoms with Crippen LogP contribution in [-0.4, -0.2) is 34.1 Å². The lowest BCUT2D eigenvalue weighted by molar-refractivity contribution is 0.143. The van der Waals surface area contributed by atoms with Crippen molar-refractivity contribution in [1.29, 1.82) is 0 Å². The van der Waals surface area contributed by atoms with Gasteiger partial charge in [-0.05, 0) is 59.8 Å². The number of benzene rings is 2. The van der Waals surface area contributed by atoms with Crippen LogP contribution in [0.25, 0.3) is 0 Å². The molecule has 7 nitrogen and oxygen atoms in total. The van der Waals surface area contributed by atoms with Gasteiger partial charge in [-0.3, -0.25) is 0 Å². The molecule has 30 heavy (non-hydrogen) atoms. The number of hydrogen-bond acceptors (Lipinski definition) is 7. The van der Waals surface area contributed by atoms with Crippen molar-refractivity contribution in [2.75, 3.05) is 6.61 Å². The summed E-state index contributed by atoms with van der Waals surface area (Å²) in [7, 11) is 0. The molecule has 3 aromatic rings. The molecule has 0 radical (unpaired) electrons. The van der Waals surface area contributed by atoms with Crippen LogP contribution < -0.4 is 0 Å². The summed E-state index contributed by atoms with van der Waals surface area (Å²) < 4.78 is 31.1. The Labute approximate surface area is 171 Å². The van der Waals surface area contributed by atoms with Crippen LogP contribution in [-0.2, 0) is 17.7 Å². The summed E-state index contributed by atoms with van der Waals surface area (Å²) in [5.41, 5.74) is 3.13. The second kappa shape index (κ2) is 10.2. The molecule has 0 saturated carbocycles. The van der Waals surface area contributed by atoms with E-state index in [-0.39, 0.29) is 23.8 Å². The standard InChI is InChI=1S/C21H20F2N4O3/c1-14-11-16(6-9-18(14)23)12-20(25-28)21-19(26-30-27-21)3-2-10-29-24-13-15-4-7-17(22)8-5-15/h4-9,11,13,28H,2-3,10,12H2,1H3/b24-13-,25-20+. The van der Waals surface area contributed by atoms with Crippen molar-refractivity contribution >= 4 is 11.9 Å². The lowest BCUT2D eigenvalue weighted by Gasteiger charge is -2.05. The fraction of sp³-hybridized carbons (Fsp3) is 0.238. The average Bonchev–Trinajstić information content (AvgIpc) is 3.21. The molecule has 0 bridgehead atoms. The molecule has 0 amide bonds. The van der Waals surface area contributed by atoms with Crippen molar-refractivity contribution in [1.82, 2.24) is 10.3 Å². The fourth-order valence-electron chi connectivity index (χ4n) is 2.77. The smallest absolute Gasteiger partial charge is 0.156 e. The second-order valence-corrected chi connectivity index (χ2v) is 6.59. The molecule has 9 heteroatoms. The fourth-order valence-corrected chi connectivity index (χ4v) is 2.77. The van der Waals surface area contributed by atoms with Gasteiger partial charge in [-0.1, -0.05) is 39.7 Å². The van der Waals surface area contributed by atoms with Crippen molar-refractivity contribution in [3.63, 3.8) is 0 Å². The highest BCUT2D eigenvalue weighted by molar-refractivity contribution is 6.00. The third-order valence-electron chi connectivity index (χ3n) is 4.34. The van der Waals surface area contributed by atoms with E-state index in [1.165, 1.54) is 24.4 Å². The van der Waals surface area contributed by atoms with E-state index in [0.29, 0.717) is 36.4 Å². The maximum atomic E-state index is 13.4. The first-order valence-corrected chi connectivity index (χ1v) is 9.25. The summed E-state index contributed by atoms with van der Waals surface area (Å²) in [6, 6.07) is 10.5. The van der Waals surface area contributed by atoms with Gasteiger partial charge in [0.2, 0.25) is 0 Å². The molecule has 0 unspecified atom stereocenters. The van der Waals surface area contributed by atoms with E-state index < -0.39 is 0 Å². The minimum absolute atomic E-state index is 0.247. The Morgan fingerprint density at radius 3 is 2.70 bits per heavy atom. The highest BCUT2D eigenvalue weighted by atomic mass is 19.1. The Bertz CT molecular complexity index is 1030. The molecule has 0 aliphatic heterocycles. The lowest BCUT2D eigenvalue weighted by atomic mass is 10.0. The summed E-state index contributed by atoms with van der Waals surface area (Å²) >= 11 is 0. The largest absolute Gasteiger partial charge is 0.411 e. The Morgan fingerprint density at radius 2 is 1.97 bits per heavy atom. The minimum atomic E-state index is -0.314. The molecule has 3 rings (SSSR count). The number of oxime groups is 2. The van der Waals surface area contributed by atoms with Crippen LogP contribution in [0.1, 0.15) is 34.5 Å². The van der Waals surface area contributed by atoms with Crippen molar-refractivity contribution in [3.8, 4) is 0 Å². The molecule has 0 saturated heterocycles. The molecule has 0 fully saturated rings. The predicted octanol–water partition coefficient (Wildman–Crippen LogP) is 4.06. The van der Waals surface area contributed by atoms with Gasteiger partial charge in [0.1, 0.15) is 29.6 Å². The molecule has 0 aliphatic carbocycles. The molecular weight excluding hydrogens is 394 g/mol. The number of halogens is 2. The zero-order valence-corrected chi connectivity index (χ0v) is 16.3. The summed E-state index contributed by atoms with van der Waals surface area (Å²) in [6.45, 7) is 1.98. The van der Waals surface area contributed by atoms with Crippen LogP contribution >= 0.6 is 0 Å². The summed E-state index contributed by atoms with van der Waals surface area (Å²) in [6.07, 6.45) is 2.77. The SMILES string of the molecule is Cc1cc(C/C(=N\O)c2nonc2CCCO/N=C\c2ccc(F)cc2)ccc1F. The first-order valence-electron chi connectivity index (χ1n) is 9.25. The van der Waals surface area contributed by atoms with Gasteiger partial charge in [0.15, 0.2) is 5.69 Å². The van der Waals surface area contributed by atoms with Crippen molar-refractivity contribution < 1.29 is 23.5 Å². The molecule has 0 aliphatic rings. The van der Waals surface area contributed by atoms with Crippen molar-refractivity contribution in [2.24, 2.45) is 10.3 Å². The highest BCUT2D eigenvalue weighted by Crippen LogP contribution is 2.15. The number of aryl methyl sites for hydroxylation is 2. The topological polar surface area (TPSA) is 93.1 Å². The summed E-state index contributed by atoms with van der Waals surface area (Å²) in [4.78, 5) is 5.19. The van der Waals surface area contributed by atoms with E-state index in [1.54, 1.807) is 31.2 Å². The zero-order valence-electron chi connectivity index (χ0n) is 16.3. The van der Waals surface area contributed by atoms with Gasteiger partial charge in [0.25, 0.3) is 0 Å². The first-order chi connectivity index (χ1) is 14.6. The maximum absolute atomic E-state index is 13.4. The quantitative estimate of drug-likeness (QED) is 0.247. The number of hydrogen-bond donors (Lipinski definition) is 1. The van der Waals surface area contributed by atoms with Crippen molar-refractivity contribution in [3.05, 3.63) is 82.2 Å². The molecule has 0 spiro atoms. The normalized spacial score (nSPS) is 11.9. The molecule has 156 valence electrons. The van der Waals surface area contributed by atoms with E-state index in [9.17, 15) is 14.0 Å². The van der Waals surface area contributed by atoms with E-state index in [4.69, 9.17) is 9.47 Å². The Morgan fingerprint density at radius 1 is 1.17 bits per heavy atom. The second-order valence-electron chi connectivity index (χ2n) is 6.59. The monoisotopic (exact) mass is 414 g/mol. The molecule has 1 heterocycles. The van der Waals surface area contributed by atoms with Gasteiger partial charge < -0.3 is 10.0 Å². The van der Waals surface area contributed by atoms with Gasteiger partial charge in [-0.15, -0.1) is 0 Å². The summed E-state index contributed by atoms with van der Waals surface area (Å²) in [5, 5.41) is 24.3. The zero-order chi connectivity index (χ0) is 21.3. The average molecular weight is 414 g/mol. The molecule has 0 atom stereocenters. The molecule has 1 aromatic heterocycles. The third kappa shape index (κ3) is 5.69. The van der Waals surface area contributed by atoms with Crippen molar-refractivity contribution in [2.45, 2.75) is 26.2 Å². The van der Waals surface area contributed by atoms with Gasteiger partial charge >= 0.3 is 0 Å². The molecule has 1 N–H and O–H groups in total. The Balaban J connectivity index is 1.52. The van der Waals surface area contributed by atoms with Crippen LogP contribution in [0.4, 0.5) is 8.78 Å². The molecular formula is C21H20F2N4O3. The number of nitrogens with zero attached hydrogens (tertiary/aromatic N) is 4. The van der Waals surface area contributed by atoms with E-state index in [1.807, 2.05) is 0 Å². The van der Waals surface area contributed by atoms with E-state index in [0.717, 1.165) is 11.1 Å². The lowest BCUT2D eigenvalue weighted by Crippen LogP contribution is -2.10. The molecule has 2 aromatic carbocycles. The van der Waals surface area contributed by atoms with Crippen LogP contribution in [0.5, 0.6) is 0 Å². The number of rotatable bonds is 9. The van der Waals surface area contributed by atoms with E-state index in [2.05, 4.69) is 20.6 Å². The maximum Gasteiger partial charge on any atom is 0.156 e. The number of aromatic nitrogens is 2. The van der Waals surface area contributed by atoms with Crippen LogP contribution in [0.2, 0.25) is 0 Å². The highest BCUT2D eigenvalue weighted by Gasteiger charge is 2.18. The van der Waals surface area contributed by atoms with Crippen LogP contribution in [0.3, 0.4) is 0 Å². The minimum Gasteiger partial charge on any atom is -0.411 e. The summed E-state index contributed by atoms with van der Waals surface area (Å²) in [5.74, 6) is -0.613.